The van der Waals surface area contributed by atoms with Crippen molar-refractivity contribution in [3.05, 3.63) is 11.6 Å². The molecule has 0 unspecified atom stereocenters. The Hall–Kier alpha value is -0.830. The first-order valence-corrected chi connectivity index (χ1v) is 3.46. The molecule has 0 fully saturated rings. The quantitative estimate of drug-likeness (QED) is 0.601. The van der Waals surface area contributed by atoms with E-state index in [0.29, 0.717) is 0 Å². The van der Waals surface area contributed by atoms with E-state index in [-0.39, 0.29) is 6.61 Å². The van der Waals surface area contributed by atoms with Gasteiger partial charge in [0, 0.05) is 13.5 Å². The molecule has 0 heterocycles. The lowest BCUT2D eigenvalue weighted by Gasteiger charge is -1.90. The lowest BCUT2D eigenvalue weighted by atomic mass is 10.2. The molecule has 0 bridgehead atoms. The molecular formula is C8H16O3. The van der Waals surface area contributed by atoms with E-state index in [2.05, 4.69) is 0 Å². The Bertz CT molecular complexity index is 123. The molecule has 2 N–H and O–H groups in total. The Labute approximate surface area is 67.4 Å². The maximum absolute atomic E-state index is 9.00. The normalized spacial score (nSPS) is 10.0. The van der Waals surface area contributed by atoms with Gasteiger partial charge in [0.2, 0.25) is 0 Å². The van der Waals surface area contributed by atoms with Crippen LogP contribution in [0, 0.1) is 0 Å². The summed E-state index contributed by atoms with van der Waals surface area (Å²) in [6.45, 7) is 5.34. The fourth-order valence-electron chi connectivity index (χ4n) is 0.321. The summed E-state index contributed by atoms with van der Waals surface area (Å²) in [5.74, 6) is -0.833. The van der Waals surface area contributed by atoms with Gasteiger partial charge < -0.3 is 10.2 Å². The molecule has 0 radical (unpaired) electrons. The van der Waals surface area contributed by atoms with E-state index in [1.807, 2.05) is 19.9 Å². The average molecular weight is 160 g/mol. The van der Waals surface area contributed by atoms with Crippen molar-refractivity contribution in [2.45, 2.75) is 27.2 Å². The fraction of sp³-hybridized carbons (Fsp3) is 0.625. The second-order valence-electron chi connectivity index (χ2n) is 2.13. The molecule has 0 aromatic rings. The van der Waals surface area contributed by atoms with Gasteiger partial charge in [-0.2, -0.15) is 0 Å². The van der Waals surface area contributed by atoms with Gasteiger partial charge in [0.15, 0.2) is 0 Å². The van der Waals surface area contributed by atoms with Crippen molar-refractivity contribution in [1.82, 2.24) is 0 Å². The van der Waals surface area contributed by atoms with E-state index < -0.39 is 5.97 Å². The number of rotatable bonds is 2. The van der Waals surface area contributed by atoms with Crippen LogP contribution in [0.2, 0.25) is 0 Å². The molecule has 66 valence electrons. The number of carboxylic acids is 1. The Morgan fingerprint density at radius 3 is 1.91 bits per heavy atom. The smallest absolute Gasteiger partial charge is 0.300 e. The van der Waals surface area contributed by atoms with Gasteiger partial charge in [-0.1, -0.05) is 11.6 Å². The number of carboxylic acid groups (broad SMARTS) is 1. The van der Waals surface area contributed by atoms with Crippen molar-refractivity contribution in [3.8, 4) is 0 Å². The van der Waals surface area contributed by atoms with E-state index in [1.54, 1.807) is 0 Å². The number of hydrogen-bond acceptors (Lipinski definition) is 2. The Balaban J connectivity index is 0. The van der Waals surface area contributed by atoms with Crippen LogP contribution in [0.1, 0.15) is 27.2 Å². The second kappa shape index (κ2) is 9.17. The molecular weight excluding hydrogens is 144 g/mol. The summed E-state index contributed by atoms with van der Waals surface area (Å²) in [6, 6.07) is 0. The van der Waals surface area contributed by atoms with Crippen LogP contribution >= 0.6 is 0 Å². The summed E-state index contributed by atoms with van der Waals surface area (Å²) in [7, 11) is 0. The molecule has 0 aromatic heterocycles. The number of aliphatic carboxylic acids is 1. The Kier molecular flexibility index (Phi) is 10.7. The predicted octanol–water partition coefficient (Wildman–Crippen LogP) is 1.43. The summed E-state index contributed by atoms with van der Waals surface area (Å²) >= 11 is 0. The number of allylic oxidation sites excluding steroid dienone is 1. The van der Waals surface area contributed by atoms with Crippen molar-refractivity contribution < 1.29 is 15.0 Å². The molecule has 0 saturated heterocycles. The highest BCUT2D eigenvalue weighted by molar-refractivity contribution is 5.62. The van der Waals surface area contributed by atoms with Crippen LogP contribution < -0.4 is 0 Å². The molecule has 0 aliphatic rings. The van der Waals surface area contributed by atoms with Gasteiger partial charge in [0.1, 0.15) is 0 Å². The minimum absolute atomic E-state index is 0.274. The zero-order valence-corrected chi connectivity index (χ0v) is 7.29. The van der Waals surface area contributed by atoms with Crippen LogP contribution in [0.3, 0.4) is 0 Å². The van der Waals surface area contributed by atoms with E-state index in [4.69, 9.17) is 15.0 Å². The molecule has 3 heteroatoms. The number of hydrogen-bond donors (Lipinski definition) is 2. The first kappa shape index (κ1) is 12.8. The highest BCUT2D eigenvalue weighted by Gasteiger charge is 1.80. The van der Waals surface area contributed by atoms with Crippen molar-refractivity contribution in [1.29, 1.82) is 0 Å². The first-order chi connectivity index (χ1) is 5.04. The largest absolute Gasteiger partial charge is 0.481 e. The monoisotopic (exact) mass is 160 g/mol. The summed E-state index contributed by atoms with van der Waals surface area (Å²) in [4.78, 5) is 9.00. The summed E-state index contributed by atoms with van der Waals surface area (Å²) in [5.41, 5.74) is 1.25. The summed E-state index contributed by atoms with van der Waals surface area (Å²) in [5, 5.41) is 15.7. The van der Waals surface area contributed by atoms with Crippen LogP contribution in [-0.2, 0) is 4.79 Å². The summed E-state index contributed by atoms with van der Waals surface area (Å²) in [6.07, 6.45) is 2.83. The predicted molar refractivity (Wildman–Crippen MR) is 44.4 cm³/mol. The number of aliphatic hydroxyl groups excluding tert-OH is 1. The van der Waals surface area contributed by atoms with Gasteiger partial charge in [-0.3, -0.25) is 4.79 Å². The van der Waals surface area contributed by atoms with Crippen molar-refractivity contribution in [2.24, 2.45) is 0 Å². The van der Waals surface area contributed by atoms with Gasteiger partial charge >= 0.3 is 0 Å². The van der Waals surface area contributed by atoms with Crippen molar-refractivity contribution >= 4 is 5.97 Å². The lowest BCUT2D eigenvalue weighted by molar-refractivity contribution is -0.134. The third-order valence-corrected chi connectivity index (χ3v) is 0.999. The highest BCUT2D eigenvalue weighted by atomic mass is 16.4. The van der Waals surface area contributed by atoms with Crippen LogP contribution in [0.5, 0.6) is 0 Å². The second-order valence-corrected chi connectivity index (χ2v) is 2.13. The van der Waals surface area contributed by atoms with Gasteiger partial charge in [-0.25, -0.2) is 0 Å². The Morgan fingerprint density at radius 2 is 1.82 bits per heavy atom. The molecule has 11 heavy (non-hydrogen) atoms. The maximum atomic E-state index is 9.00. The van der Waals surface area contributed by atoms with Gasteiger partial charge in [0.25, 0.3) is 5.97 Å². The zero-order valence-electron chi connectivity index (χ0n) is 7.29. The average Bonchev–Trinajstić information content (AvgIpc) is 1.87. The van der Waals surface area contributed by atoms with Crippen molar-refractivity contribution in [3.63, 3.8) is 0 Å². The zero-order chi connectivity index (χ0) is 9.28. The van der Waals surface area contributed by atoms with E-state index >= 15 is 0 Å². The molecule has 0 spiro atoms. The Morgan fingerprint density at radius 1 is 1.45 bits per heavy atom. The highest BCUT2D eigenvalue weighted by Crippen LogP contribution is 1.95. The minimum atomic E-state index is -0.833. The van der Waals surface area contributed by atoms with Gasteiger partial charge in [0.05, 0.1) is 0 Å². The van der Waals surface area contributed by atoms with Crippen LogP contribution in [0.4, 0.5) is 0 Å². The van der Waals surface area contributed by atoms with E-state index in [0.717, 1.165) is 13.3 Å². The lowest BCUT2D eigenvalue weighted by Crippen LogP contribution is -1.81. The summed E-state index contributed by atoms with van der Waals surface area (Å²) < 4.78 is 0. The molecule has 0 aliphatic carbocycles. The van der Waals surface area contributed by atoms with Crippen LogP contribution in [-0.4, -0.2) is 22.8 Å². The number of aliphatic hydroxyl groups is 1. The first-order valence-electron chi connectivity index (χ1n) is 3.46. The number of carbonyl (C=O) groups is 1. The standard InChI is InChI=1S/C6H12O.C2H4O2/c1-3-6(2)4-5-7;1-2(3)4/h3,7H,4-5H2,1-2H3;1H3,(H,3,4). The SMILES string of the molecule is CC(=O)O.CC=C(C)CCO. The molecule has 0 atom stereocenters. The molecule has 3 nitrogen and oxygen atoms in total. The maximum Gasteiger partial charge on any atom is 0.300 e. The third kappa shape index (κ3) is 27.1. The molecule has 0 amide bonds. The van der Waals surface area contributed by atoms with E-state index in [1.165, 1.54) is 5.57 Å². The topological polar surface area (TPSA) is 57.5 Å². The van der Waals surface area contributed by atoms with Gasteiger partial charge in [-0.05, 0) is 20.3 Å². The third-order valence-electron chi connectivity index (χ3n) is 0.999. The molecule has 0 aromatic carbocycles. The molecule has 0 saturated carbocycles. The van der Waals surface area contributed by atoms with Crippen LogP contribution in [0.15, 0.2) is 11.6 Å². The molecule has 0 aliphatic heterocycles. The van der Waals surface area contributed by atoms with Crippen molar-refractivity contribution in [2.75, 3.05) is 6.61 Å². The fourth-order valence-corrected chi connectivity index (χ4v) is 0.321. The van der Waals surface area contributed by atoms with Crippen LogP contribution in [0.25, 0.3) is 0 Å². The molecule has 0 rings (SSSR count). The van der Waals surface area contributed by atoms with E-state index in [9.17, 15) is 0 Å². The van der Waals surface area contributed by atoms with Gasteiger partial charge in [-0.15, -0.1) is 0 Å². The minimum Gasteiger partial charge on any atom is -0.481 e.